The van der Waals surface area contributed by atoms with E-state index in [9.17, 15) is 9.59 Å². The van der Waals surface area contributed by atoms with Crippen LogP contribution in [0.3, 0.4) is 0 Å². The van der Waals surface area contributed by atoms with E-state index >= 15 is 0 Å². The lowest BCUT2D eigenvalue weighted by Gasteiger charge is -2.10. The van der Waals surface area contributed by atoms with Crippen LogP contribution in [-0.4, -0.2) is 24.6 Å². The number of carbonyl (C=O) groups is 2. The molecule has 0 unspecified atom stereocenters. The molecule has 3 aromatic rings. The fourth-order valence-corrected chi connectivity index (χ4v) is 3.09. The van der Waals surface area contributed by atoms with E-state index in [0.717, 1.165) is 10.8 Å². The van der Waals surface area contributed by atoms with Gasteiger partial charge in [-0.3, -0.25) is 9.59 Å². The lowest BCUT2D eigenvalue weighted by atomic mass is 10.0. The van der Waals surface area contributed by atoms with E-state index < -0.39 is 18.2 Å². The summed E-state index contributed by atoms with van der Waals surface area (Å²) in [5.74, 6) is 1.85. The third-order valence-corrected chi connectivity index (χ3v) is 4.89. The Kier molecular flexibility index (Phi) is 7.50. The van der Waals surface area contributed by atoms with Crippen LogP contribution >= 0.6 is 23.2 Å². The van der Waals surface area contributed by atoms with Crippen LogP contribution in [0.1, 0.15) is 12.0 Å². The minimum absolute atomic E-state index is 0.0976. The van der Waals surface area contributed by atoms with Gasteiger partial charge in [0.15, 0.2) is 0 Å². The third kappa shape index (κ3) is 5.98. The minimum Gasteiger partial charge on any atom is -0.480 e. The number of nitrogens with one attached hydrogen (secondary N) is 2. The molecule has 0 saturated heterocycles. The molecule has 0 fully saturated rings. The van der Waals surface area contributed by atoms with Crippen molar-refractivity contribution in [1.29, 1.82) is 0 Å². The fourth-order valence-electron chi connectivity index (χ4n) is 2.79. The Hall–Kier alpha value is -3.53. The van der Waals surface area contributed by atoms with E-state index in [-0.39, 0.29) is 6.61 Å². The maximum Gasteiger partial charge on any atom is 0.249 e. The van der Waals surface area contributed by atoms with Crippen molar-refractivity contribution in [2.45, 2.75) is 6.42 Å². The van der Waals surface area contributed by atoms with Gasteiger partial charge in [0.1, 0.15) is 18.8 Å². The summed E-state index contributed by atoms with van der Waals surface area (Å²) in [6.45, 7) is 0.0976. The molecule has 0 spiro atoms. The van der Waals surface area contributed by atoms with Crippen molar-refractivity contribution in [2.75, 3.05) is 11.9 Å². The molecule has 0 aromatic heterocycles. The number of fused-ring (bicyclic) bond motifs is 1. The second-order valence-corrected chi connectivity index (χ2v) is 7.15. The number of benzene rings is 3. The Morgan fingerprint density at radius 2 is 1.87 bits per heavy atom. The Labute approximate surface area is 189 Å². The first-order valence-corrected chi connectivity index (χ1v) is 9.88. The number of hydrogen-bond acceptors (Lipinski definition) is 4. The standard InChI is InChI=1S/C23H17Cl2N3O3/c1-2-11-31-21-10-7-15-5-3-4-6-17(15)18(21)14-26-28-23(30)13-22(29)27-16-8-9-19(24)20(25)12-16/h1,3-10,12,14H,11,13H2,(H,27,29)(H,28,30). The number of carbonyl (C=O) groups excluding carboxylic acids is 2. The van der Waals surface area contributed by atoms with Gasteiger partial charge in [-0.05, 0) is 35.0 Å². The van der Waals surface area contributed by atoms with Gasteiger partial charge < -0.3 is 10.1 Å². The molecule has 2 amide bonds. The number of halogens is 2. The largest absolute Gasteiger partial charge is 0.480 e. The van der Waals surface area contributed by atoms with Crippen LogP contribution in [0.15, 0.2) is 59.7 Å². The molecular formula is C23H17Cl2N3O3. The van der Waals surface area contributed by atoms with E-state index in [4.69, 9.17) is 34.4 Å². The first-order chi connectivity index (χ1) is 15.0. The van der Waals surface area contributed by atoms with Gasteiger partial charge >= 0.3 is 0 Å². The maximum absolute atomic E-state index is 12.1. The highest BCUT2D eigenvalue weighted by Crippen LogP contribution is 2.27. The highest BCUT2D eigenvalue weighted by molar-refractivity contribution is 6.42. The van der Waals surface area contributed by atoms with E-state index in [2.05, 4.69) is 21.8 Å². The zero-order valence-electron chi connectivity index (χ0n) is 16.2. The molecule has 0 aliphatic rings. The summed E-state index contributed by atoms with van der Waals surface area (Å²) >= 11 is 11.8. The molecule has 156 valence electrons. The van der Waals surface area contributed by atoms with Crippen LogP contribution in [0.5, 0.6) is 5.75 Å². The van der Waals surface area contributed by atoms with Gasteiger partial charge in [0.2, 0.25) is 11.8 Å². The molecule has 31 heavy (non-hydrogen) atoms. The zero-order chi connectivity index (χ0) is 22.2. The summed E-state index contributed by atoms with van der Waals surface area (Å²) in [7, 11) is 0. The van der Waals surface area contributed by atoms with Gasteiger partial charge in [-0.15, -0.1) is 6.42 Å². The van der Waals surface area contributed by atoms with E-state index in [1.54, 1.807) is 18.2 Å². The molecule has 0 heterocycles. The topological polar surface area (TPSA) is 79.8 Å². The molecular weight excluding hydrogens is 437 g/mol. The van der Waals surface area contributed by atoms with Crippen LogP contribution in [-0.2, 0) is 9.59 Å². The summed E-state index contributed by atoms with van der Waals surface area (Å²) < 4.78 is 5.58. The molecule has 0 bridgehead atoms. The predicted molar refractivity (Wildman–Crippen MR) is 124 cm³/mol. The van der Waals surface area contributed by atoms with Crippen LogP contribution in [0.2, 0.25) is 10.0 Å². The Morgan fingerprint density at radius 3 is 2.65 bits per heavy atom. The Morgan fingerprint density at radius 1 is 1.06 bits per heavy atom. The highest BCUT2D eigenvalue weighted by Gasteiger charge is 2.11. The molecule has 3 rings (SSSR count). The summed E-state index contributed by atoms with van der Waals surface area (Å²) in [6.07, 6.45) is 6.32. The SMILES string of the molecule is C#CCOc1ccc2ccccc2c1C=NNC(=O)CC(=O)Nc1ccc(Cl)c(Cl)c1. The second-order valence-electron chi connectivity index (χ2n) is 6.34. The maximum atomic E-state index is 12.1. The molecule has 3 aromatic carbocycles. The molecule has 8 heteroatoms. The number of hydrazone groups is 1. The Bertz CT molecular complexity index is 1200. The number of nitrogens with zero attached hydrogens (tertiary/aromatic N) is 1. The lowest BCUT2D eigenvalue weighted by molar-refractivity contribution is -0.126. The van der Waals surface area contributed by atoms with Gasteiger partial charge in [0.25, 0.3) is 0 Å². The minimum atomic E-state index is -0.583. The van der Waals surface area contributed by atoms with Crippen molar-refractivity contribution in [1.82, 2.24) is 5.43 Å². The quantitative estimate of drug-likeness (QED) is 0.236. The van der Waals surface area contributed by atoms with Crippen LogP contribution < -0.4 is 15.5 Å². The smallest absolute Gasteiger partial charge is 0.249 e. The van der Waals surface area contributed by atoms with E-state index in [1.165, 1.54) is 12.3 Å². The molecule has 0 aliphatic heterocycles. The zero-order valence-corrected chi connectivity index (χ0v) is 17.7. The number of rotatable bonds is 7. The normalized spacial score (nSPS) is 10.6. The molecule has 0 radical (unpaired) electrons. The molecule has 0 atom stereocenters. The molecule has 0 saturated carbocycles. The first-order valence-electron chi connectivity index (χ1n) is 9.12. The van der Waals surface area contributed by atoms with Crippen molar-refractivity contribution in [3.63, 3.8) is 0 Å². The van der Waals surface area contributed by atoms with Crippen molar-refractivity contribution < 1.29 is 14.3 Å². The average molecular weight is 454 g/mol. The van der Waals surface area contributed by atoms with Gasteiger partial charge in [0, 0.05) is 11.3 Å². The van der Waals surface area contributed by atoms with Gasteiger partial charge in [-0.2, -0.15) is 5.10 Å². The summed E-state index contributed by atoms with van der Waals surface area (Å²) in [5.41, 5.74) is 3.44. The highest BCUT2D eigenvalue weighted by atomic mass is 35.5. The van der Waals surface area contributed by atoms with Crippen molar-refractivity contribution >= 4 is 57.7 Å². The number of anilines is 1. The number of amides is 2. The second kappa shape index (κ2) is 10.5. The lowest BCUT2D eigenvalue weighted by Crippen LogP contribution is -2.24. The molecule has 6 nitrogen and oxygen atoms in total. The average Bonchev–Trinajstić information content (AvgIpc) is 2.75. The van der Waals surface area contributed by atoms with Gasteiger partial charge in [-0.1, -0.05) is 59.5 Å². The van der Waals surface area contributed by atoms with Crippen molar-refractivity contribution in [3.8, 4) is 18.1 Å². The number of ether oxygens (including phenoxy) is 1. The predicted octanol–water partition coefficient (Wildman–Crippen LogP) is 4.64. The first kappa shape index (κ1) is 22.2. The van der Waals surface area contributed by atoms with Gasteiger partial charge in [-0.25, -0.2) is 5.43 Å². The van der Waals surface area contributed by atoms with Gasteiger partial charge in [0.05, 0.1) is 16.3 Å². The number of hydrogen-bond donors (Lipinski definition) is 2. The van der Waals surface area contributed by atoms with E-state index in [1.807, 2.05) is 30.3 Å². The van der Waals surface area contributed by atoms with Crippen LogP contribution in [0, 0.1) is 12.3 Å². The monoisotopic (exact) mass is 453 g/mol. The number of terminal acetylenes is 1. The van der Waals surface area contributed by atoms with Crippen molar-refractivity contribution in [2.24, 2.45) is 5.10 Å². The fraction of sp³-hybridized carbons (Fsp3) is 0.0870. The summed E-state index contributed by atoms with van der Waals surface area (Å²) in [4.78, 5) is 24.1. The summed E-state index contributed by atoms with van der Waals surface area (Å²) in [5, 5.41) is 9.07. The third-order valence-electron chi connectivity index (χ3n) is 4.15. The molecule has 0 aliphatic carbocycles. The van der Waals surface area contributed by atoms with E-state index in [0.29, 0.717) is 27.0 Å². The van der Waals surface area contributed by atoms with Crippen LogP contribution in [0.25, 0.3) is 10.8 Å². The van der Waals surface area contributed by atoms with Crippen LogP contribution in [0.4, 0.5) is 5.69 Å². The molecule has 2 N–H and O–H groups in total. The Balaban J connectivity index is 1.66. The van der Waals surface area contributed by atoms with Crippen molar-refractivity contribution in [3.05, 3.63) is 70.2 Å². The summed E-state index contributed by atoms with van der Waals surface area (Å²) in [6, 6.07) is 16.0.